The van der Waals surface area contributed by atoms with E-state index in [4.69, 9.17) is 16.3 Å². The van der Waals surface area contributed by atoms with Crippen molar-refractivity contribution < 1.29 is 19.1 Å². The Morgan fingerprint density at radius 1 is 1.17 bits per heavy atom. The second kappa shape index (κ2) is 8.67. The number of urea groups is 1. The molecule has 2 aromatic carbocycles. The van der Waals surface area contributed by atoms with Gasteiger partial charge in [0.2, 0.25) is 0 Å². The highest BCUT2D eigenvalue weighted by atomic mass is 35.5. The van der Waals surface area contributed by atoms with Gasteiger partial charge in [-0.1, -0.05) is 41.6 Å². The van der Waals surface area contributed by atoms with Crippen LogP contribution in [0.15, 0.2) is 42.5 Å². The van der Waals surface area contributed by atoms with Crippen LogP contribution >= 0.6 is 11.6 Å². The van der Waals surface area contributed by atoms with Gasteiger partial charge in [0.1, 0.15) is 5.75 Å². The van der Waals surface area contributed by atoms with E-state index in [9.17, 15) is 14.4 Å². The summed E-state index contributed by atoms with van der Waals surface area (Å²) in [6.07, 6.45) is 0. The molecule has 2 aliphatic heterocycles. The molecule has 148 valence electrons. The molecular weight excluding hydrogens is 394 g/mol. The Morgan fingerprint density at radius 3 is 2.59 bits per heavy atom. The minimum Gasteiger partial charge on any atom is -0.497 e. The van der Waals surface area contributed by atoms with Crippen LogP contribution in [0.2, 0.25) is 5.02 Å². The number of rotatable bonds is 1. The Labute approximate surface area is 173 Å². The number of hydrogen-bond acceptors (Lipinski definition) is 4. The van der Waals surface area contributed by atoms with Crippen molar-refractivity contribution in [2.24, 2.45) is 0 Å². The molecule has 2 heterocycles. The van der Waals surface area contributed by atoms with Gasteiger partial charge in [0, 0.05) is 24.7 Å². The third-order valence-electron chi connectivity index (χ3n) is 4.30. The molecular formula is C21H18ClN3O4. The quantitative estimate of drug-likeness (QED) is 0.556. The van der Waals surface area contributed by atoms with Gasteiger partial charge in [0.15, 0.2) is 6.04 Å². The van der Waals surface area contributed by atoms with Crippen molar-refractivity contribution in [3.63, 3.8) is 0 Å². The van der Waals surface area contributed by atoms with E-state index in [1.807, 2.05) is 12.1 Å². The molecule has 8 heteroatoms. The highest BCUT2D eigenvalue weighted by Gasteiger charge is 2.27. The Balaban J connectivity index is 0.000000169. The van der Waals surface area contributed by atoms with Gasteiger partial charge >= 0.3 is 6.03 Å². The fourth-order valence-corrected chi connectivity index (χ4v) is 2.97. The average Bonchev–Trinajstić information content (AvgIpc) is 3.18. The number of ether oxygens (including phenoxy) is 1. The zero-order chi connectivity index (χ0) is 21.0. The van der Waals surface area contributed by atoms with Gasteiger partial charge in [0.05, 0.1) is 12.1 Å². The lowest BCUT2D eigenvalue weighted by Crippen LogP contribution is -2.26. The number of carbonyl (C=O) groups excluding carboxylic acids is 3. The molecule has 1 saturated heterocycles. The number of nitrogens with zero attached hydrogens (tertiary/aromatic N) is 1. The predicted octanol–water partition coefficient (Wildman–Crippen LogP) is 2.18. The van der Waals surface area contributed by atoms with Crippen LogP contribution in [0.25, 0.3) is 0 Å². The molecule has 0 saturated carbocycles. The Kier molecular flexibility index (Phi) is 6.05. The van der Waals surface area contributed by atoms with Crippen molar-refractivity contribution in [3.8, 4) is 17.6 Å². The van der Waals surface area contributed by atoms with Crippen molar-refractivity contribution in [1.82, 2.24) is 15.5 Å². The summed E-state index contributed by atoms with van der Waals surface area (Å²) < 4.78 is 5.05. The molecule has 1 unspecified atom stereocenters. The van der Waals surface area contributed by atoms with Crippen molar-refractivity contribution in [2.75, 3.05) is 14.2 Å². The summed E-state index contributed by atoms with van der Waals surface area (Å²) in [5.74, 6) is 5.76. The maximum Gasteiger partial charge on any atom is 0.322 e. The first kappa shape index (κ1) is 20.2. The largest absolute Gasteiger partial charge is 0.497 e. The summed E-state index contributed by atoms with van der Waals surface area (Å²) in [4.78, 5) is 35.2. The maximum absolute atomic E-state index is 11.5. The van der Waals surface area contributed by atoms with Crippen molar-refractivity contribution in [2.45, 2.75) is 12.6 Å². The van der Waals surface area contributed by atoms with Gasteiger partial charge in [-0.05, 0) is 29.8 Å². The summed E-state index contributed by atoms with van der Waals surface area (Å²) in [6, 6.07) is 11.3. The summed E-state index contributed by atoms with van der Waals surface area (Å²) in [5, 5.41) is 4.98. The molecule has 0 bridgehead atoms. The molecule has 4 rings (SSSR count). The number of methoxy groups -OCH3 is 1. The minimum atomic E-state index is -0.802. The fraction of sp³-hybridized carbons (Fsp3) is 0.190. The lowest BCUT2D eigenvalue weighted by molar-refractivity contribution is -0.119. The van der Waals surface area contributed by atoms with Crippen LogP contribution < -0.4 is 15.4 Å². The molecule has 2 N–H and O–H groups in total. The van der Waals surface area contributed by atoms with Crippen LogP contribution in [0.1, 0.15) is 21.5 Å². The summed E-state index contributed by atoms with van der Waals surface area (Å²) in [6.45, 7) is 0.707. The lowest BCUT2D eigenvalue weighted by atomic mass is 10.1. The zero-order valence-corrected chi connectivity index (χ0v) is 16.5. The molecule has 0 spiro atoms. The number of carbonyl (C=O) groups is 3. The van der Waals surface area contributed by atoms with E-state index in [1.54, 1.807) is 49.4 Å². The number of halogens is 1. The first-order valence-corrected chi connectivity index (χ1v) is 9.06. The van der Waals surface area contributed by atoms with Crippen molar-refractivity contribution in [1.29, 1.82) is 0 Å². The number of fused-ring (bicyclic) bond motifs is 1. The Morgan fingerprint density at radius 2 is 1.93 bits per heavy atom. The van der Waals surface area contributed by atoms with E-state index < -0.39 is 18.0 Å². The van der Waals surface area contributed by atoms with Crippen LogP contribution in [0.3, 0.4) is 0 Å². The molecule has 1 atom stereocenters. The summed E-state index contributed by atoms with van der Waals surface area (Å²) >= 11 is 5.88. The van der Waals surface area contributed by atoms with Gasteiger partial charge in [-0.25, -0.2) is 4.79 Å². The lowest BCUT2D eigenvalue weighted by Gasteiger charge is -2.04. The molecule has 1 fully saturated rings. The second-order valence-electron chi connectivity index (χ2n) is 6.33. The molecule has 29 heavy (non-hydrogen) atoms. The van der Waals surface area contributed by atoms with Crippen LogP contribution in [-0.2, 0) is 11.3 Å². The number of imide groups is 1. The van der Waals surface area contributed by atoms with Crippen molar-refractivity contribution >= 4 is 29.4 Å². The van der Waals surface area contributed by atoms with E-state index in [2.05, 4.69) is 22.5 Å². The molecule has 2 aliphatic rings. The second-order valence-corrected chi connectivity index (χ2v) is 6.74. The van der Waals surface area contributed by atoms with E-state index in [-0.39, 0.29) is 5.91 Å². The first-order chi connectivity index (χ1) is 13.9. The van der Waals surface area contributed by atoms with Crippen molar-refractivity contribution in [3.05, 3.63) is 64.2 Å². The molecule has 0 radical (unpaired) electrons. The van der Waals surface area contributed by atoms with Gasteiger partial charge < -0.3 is 15.0 Å². The normalized spacial score (nSPS) is 16.7. The van der Waals surface area contributed by atoms with E-state index in [0.29, 0.717) is 17.1 Å². The minimum absolute atomic E-state index is 0.0777. The third-order valence-corrected chi connectivity index (χ3v) is 4.63. The van der Waals surface area contributed by atoms with Gasteiger partial charge in [-0.3, -0.25) is 14.9 Å². The Bertz CT molecular complexity index is 1040. The number of benzene rings is 2. The molecule has 7 nitrogen and oxygen atoms in total. The molecule has 2 aromatic rings. The van der Waals surface area contributed by atoms with Crippen LogP contribution in [0, 0.1) is 11.8 Å². The first-order valence-electron chi connectivity index (χ1n) is 8.69. The van der Waals surface area contributed by atoms with Gasteiger partial charge in [0.25, 0.3) is 11.8 Å². The predicted molar refractivity (Wildman–Crippen MR) is 108 cm³/mol. The number of nitrogens with one attached hydrogen (secondary N) is 2. The maximum atomic E-state index is 11.5. The zero-order valence-electron chi connectivity index (χ0n) is 15.8. The van der Waals surface area contributed by atoms with E-state index in [0.717, 1.165) is 16.9 Å². The van der Waals surface area contributed by atoms with E-state index in [1.165, 1.54) is 0 Å². The smallest absolute Gasteiger partial charge is 0.322 e. The summed E-state index contributed by atoms with van der Waals surface area (Å²) in [7, 11) is 3.40. The van der Waals surface area contributed by atoms with Gasteiger partial charge in [-0.15, -0.1) is 0 Å². The fourth-order valence-electron chi connectivity index (χ4n) is 2.78. The van der Waals surface area contributed by atoms with Crippen LogP contribution in [0.4, 0.5) is 4.79 Å². The van der Waals surface area contributed by atoms with Gasteiger partial charge in [-0.2, -0.15) is 0 Å². The average molecular weight is 412 g/mol. The van der Waals surface area contributed by atoms with E-state index >= 15 is 0 Å². The summed E-state index contributed by atoms with van der Waals surface area (Å²) in [5.41, 5.74) is 2.47. The topological polar surface area (TPSA) is 87.7 Å². The molecule has 0 aliphatic carbocycles. The standard InChI is InChI=1S/C11H7ClN2O2.C10H11NO2/c12-8-4-2-1-3-7(8)5-6-9-10(15)14-11(16)13-9;1-11-6-7-3-4-8(13-2)5-9(7)10(11)12/h1-4,9H,(H2,13,14,15,16);3-5H,6H2,1-2H3. The monoisotopic (exact) mass is 411 g/mol. The number of amides is 4. The molecule has 4 amide bonds. The Hall–Kier alpha value is -3.50. The third kappa shape index (κ3) is 4.68. The highest BCUT2D eigenvalue weighted by Crippen LogP contribution is 2.25. The highest BCUT2D eigenvalue weighted by molar-refractivity contribution is 6.31. The van der Waals surface area contributed by atoms with Crippen LogP contribution in [-0.4, -0.2) is 42.9 Å². The molecule has 0 aromatic heterocycles. The number of hydrogen-bond donors (Lipinski definition) is 2. The SMILES string of the molecule is COc1ccc2c(c1)C(=O)N(C)C2.O=C1NC(=O)C(C#Cc2ccccc2Cl)N1. The van der Waals surface area contributed by atoms with Crippen LogP contribution in [0.5, 0.6) is 5.75 Å².